The molecule has 2 aromatic carbocycles. The van der Waals surface area contributed by atoms with Crippen molar-refractivity contribution < 1.29 is 9.18 Å². The Hall–Kier alpha value is -2.91. The van der Waals surface area contributed by atoms with Crippen LogP contribution < -0.4 is 5.32 Å². The first-order chi connectivity index (χ1) is 12.2. The van der Waals surface area contributed by atoms with E-state index in [1.807, 2.05) is 35.2 Å². The topological polar surface area (TPSA) is 59.4 Å². The summed E-state index contributed by atoms with van der Waals surface area (Å²) in [6.45, 7) is 2.27. The number of para-hydroxylation sites is 1. The molecule has 1 aliphatic rings. The molecule has 0 saturated carbocycles. The number of nitriles is 1. The molecule has 2 amide bonds. The zero-order valence-corrected chi connectivity index (χ0v) is 13.7. The van der Waals surface area contributed by atoms with Crippen LogP contribution in [0.5, 0.6) is 0 Å². The molecule has 0 radical (unpaired) electrons. The van der Waals surface area contributed by atoms with Crippen LogP contribution in [0.2, 0.25) is 0 Å². The van der Waals surface area contributed by atoms with Gasteiger partial charge in [-0.25, -0.2) is 9.18 Å². The van der Waals surface area contributed by atoms with Crippen molar-refractivity contribution >= 4 is 11.7 Å². The molecule has 0 aliphatic carbocycles. The number of hydrogen-bond donors (Lipinski definition) is 1. The smallest absolute Gasteiger partial charge is 0.321 e. The lowest BCUT2D eigenvalue weighted by Gasteiger charge is -2.37. The molecule has 1 atom stereocenters. The third kappa shape index (κ3) is 4.14. The van der Waals surface area contributed by atoms with E-state index in [1.165, 1.54) is 12.1 Å². The molecule has 1 fully saturated rings. The Morgan fingerprint density at radius 2 is 1.68 bits per heavy atom. The van der Waals surface area contributed by atoms with Crippen molar-refractivity contribution in [2.45, 2.75) is 6.04 Å². The number of nitrogens with one attached hydrogen (secondary N) is 1. The highest BCUT2D eigenvalue weighted by atomic mass is 19.1. The van der Waals surface area contributed by atoms with Crippen molar-refractivity contribution in [2.75, 3.05) is 31.5 Å². The van der Waals surface area contributed by atoms with E-state index in [2.05, 4.69) is 11.4 Å². The maximum absolute atomic E-state index is 13.1. The van der Waals surface area contributed by atoms with Gasteiger partial charge in [-0.1, -0.05) is 30.3 Å². The molecule has 1 unspecified atom stereocenters. The number of rotatable bonds is 3. The molecule has 25 heavy (non-hydrogen) atoms. The van der Waals surface area contributed by atoms with E-state index in [9.17, 15) is 14.4 Å². The largest absolute Gasteiger partial charge is 0.322 e. The summed E-state index contributed by atoms with van der Waals surface area (Å²) in [5.74, 6) is -0.317. The van der Waals surface area contributed by atoms with Crippen LogP contribution >= 0.6 is 0 Å². The average molecular weight is 338 g/mol. The SMILES string of the molecule is N#CC(c1ccc(F)cc1)N1CCN(C(=O)Nc2ccccc2)CC1. The maximum Gasteiger partial charge on any atom is 0.321 e. The van der Waals surface area contributed by atoms with Crippen molar-refractivity contribution in [3.63, 3.8) is 0 Å². The predicted molar refractivity (Wildman–Crippen MR) is 93.4 cm³/mol. The second kappa shape index (κ2) is 7.77. The fraction of sp³-hybridized carbons (Fsp3) is 0.263. The van der Waals surface area contributed by atoms with Crippen LogP contribution in [0.25, 0.3) is 0 Å². The summed E-state index contributed by atoms with van der Waals surface area (Å²) in [5.41, 5.74) is 1.53. The number of piperazine rings is 1. The van der Waals surface area contributed by atoms with Gasteiger partial charge in [0, 0.05) is 31.9 Å². The van der Waals surface area contributed by atoms with E-state index in [0.29, 0.717) is 26.2 Å². The molecule has 1 saturated heterocycles. The number of urea groups is 1. The van der Waals surface area contributed by atoms with E-state index in [4.69, 9.17) is 0 Å². The molecule has 1 heterocycles. The van der Waals surface area contributed by atoms with E-state index in [-0.39, 0.29) is 11.8 Å². The number of nitrogens with zero attached hydrogens (tertiary/aromatic N) is 3. The Morgan fingerprint density at radius 3 is 2.28 bits per heavy atom. The minimum atomic E-state index is -0.431. The highest BCUT2D eigenvalue weighted by Crippen LogP contribution is 2.22. The van der Waals surface area contributed by atoms with Gasteiger partial charge in [0.25, 0.3) is 0 Å². The number of benzene rings is 2. The predicted octanol–water partition coefficient (Wildman–Crippen LogP) is 3.24. The molecule has 0 spiro atoms. The summed E-state index contributed by atoms with van der Waals surface area (Å²) in [5, 5.41) is 12.4. The quantitative estimate of drug-likeness (QED) is 0.935. The number of hydrogen-bond acceptors (Lipinski definition) is 3. The normalized spacial score (nSPS) is 16.1. The van der Waals surface area contributed by atoms with Gasteiger partial charge in [0.15, 0.2) is 0 Å². The first-order valence-corrected chi connectivity index (χ1v) is 8.17. The van der Waals surface area contributed by atoms with E-state index in [0.717, 1.165) is 11.3 Å². The first-order valence-electron chi connectivity index (χ1n) is 8.17. The Labute approximate surface area is 146 Å². The molecule has 2 aromatic rings. The summed E-state index contributed by atoms with van der Waals surface area (Å²) in [6, 6.07) is 17.0. The zero-order chi connectivity index (χ0) is 17.6. The van der Waals surface area contributed by atoms with Gasteiger partial charge in [-0.2, -0.15) is 5.26 Å². The van der Waals surface area contributed by atoms with Crippen LogP contribution in [-0.2, 0) is 0 Å². The van der Waals surface area contributed by atoms with Gasteiger partial charge >= 0.3 is 6.03 Å². The van der Waals surface area contributed by atoms with Gasteiger partial charge in [-0.05, 0) is 29.8 Å². The van der Waals surface area contributed by atoms with Crippen LogP contribution in [0.15, 0.2) is 54.6 Å². The molecule has 1 aliphatic heterocycles. The van der Waals surface area contributed by atoms with Gasteiger partial charge in [0.1, 0.15) is 11.9 Å². The Morgan fingerprint density at radius 1 is 1.04 bits per heavy atom. The Bertz CT molecular complexity index is 749. The van der Waals surface area contributed by atoms with Gasteiger partial charge < -0.3 is 10.2 Å². The zero-order valence-electron chi connectivity index (χ0n) is 13.7. The average Bonchev–Trinajstić information content (AvgIpc) is 2.65. The van der Waals surface area contributed by atoms with E-state index >= 15 is 0 Å². The molecule has 0 bridgehead atoms. The Balaban J connectivity index is 1.58. The minimum Gasteiger partial charge on any atom is -0.322 e. The molecule has 0 aromatic heterocycles. The minimum absolute atomic E-state index is 0.138. The molecule has 3 rings (SSSR count). The molecule has 1 N–H and O–H groups in total. The fourth-order valence-electron chi connectivity index (χ4n) is 2.92. The number of anilines is 1. The molecular weight excluding hydrogens is 319 g/mol. The lowest BCUT2D eigenvalue weighted by Crippen LogP contribution is -2.50. The van der Waals surface area contributed by atoms with Crippen molar-refractivity contribution in [1.82, 2.24) is 9.80 Å². The third-order valence-electron chi connectivity index (χ3n) is 4.30. The number of carbonyl (C=O) groups excluding carboxylic acids is 1. The van der Waals surface area contributed by atoms with Crippen LogP contribution in [-0.4, -0.2) is 42.0 Å². The summed E-state index contributed by atoms with van der Waals surface area (Å²) >= 11 is 0. The van der Waals surface area contributed by atoms with Gasteiger partial charge in [-0.3, -0.25) is 4.90 Å². The lowest BCUT2D eigenvalue weighted by atomic mass is 10.1. The van der Waals surface area contributed by atoms with Crippen LogP contribution in [0.1, 0.15) is 11.6 Å². The Kier molecular flexibility index (Phi) is 5.26. The second-order valence-electron chi connectivity index (χ2n) is 5.90. The van der Waals surface area contributed by atoms with Gasteiger partial charge in [-0.15, -0.1) is 0 Å². The van der Waals surface area contributed by atoms with Crippen LogP contribution in [0.3, 0.4) is 0 Å². The molecule has 128 valence electrons. The summed E-state index contributed by atoms with van der Waals surface area (Å²) in [6.07, 6.45) is 0. The first kappa shape index (κ1) is 16.9. The third-order valence-corrected chi connectivity index (χ3v) is 4.30. The highest BCUT2D eigenvalue weighted by molar-refractivity contribution is 5.89. The summed E-state index contributed by atoms with van der Waals surface area (Å²) in [7, 11) is 0. The highest BCUT2D eigenvalue weighted by Gasteiger charge is 2.27. The molecular formula is C19H19FN4O. The maximum atomic E-state index is 13.1. The van der Waals surface area contributed by atoms with E-state index < -0.39 is 6.04 Å². The number of amides is 2. The van der Waals surface area contributed by atoms with Crippen molar-refractivity contribution in [3.8, 4) is 6.07 Å². The monoisotopic (exact) mass is 338 g/mol. The van der Waals surface area contributed by atoms with Crippen LogP contribution in [0, 0.1) is 17.1 Å². The number of halogens is 1. The number of carbonyl (C=O) groups is 1. The summed E-state index contributed by atoms with van der Waals surface area (Å²) < 4.78 is 13.1. The fourth-order valence-corrected chi connectivity index (χ4v) is 2.92. The lowest BCUT2D eigenvalue weighted by molar-refractivity contribution is 0.131. The van der Waals surface area contributed by atoms with E-state index in [1.54, 1.807) is 17.0 Å². The van der Waals surface area contributed by atoms with Crippen molar-refractivity contribution in [3.05, 3.63) is 66.0 Å². The molecule has 5 nitrogen and oxygen atoms in total. The van der Waals surface area contributed by atoms with Crippen molar-refractivity contribution in [1.29, 1.82) is 5.26 Å². The molecule has 6 heteroatoms. The van der Waals surface area contributed by atoms with Crippen molar-refractivity contribution in [2.24, 2.45) is 0 Å². The van der Waals surface area contributed by atoms with Crippen LogP contribution in [0.4, 0.5) is 14.9 Å². The standard InChI is InChI=1S/C19H19FN4O/c20-16-8-6-15(7-9-16)18(14-21)23-10-12-24(13-11-23)19(25)22-17-4-2-1-3-5-17/h1-9,18H,10-13H2,(H,22,25). The van der Waals surface area contributed by atoms with Gasteiger partial charge in [0.2, 0.25) is 0 Å². The van der Waals surface area contributed by atoms with Gasteiger partial charge in [0.05, 0.1) is 6.07 Å². The second-order valence-corrected chi connectivity index (χ2v) is 5.90. The summed E-state index contributed by atoms with van der Waals surface area (Å²) in [4.78, 5) is 16.1.